The highest BCUT2D eigenvalue weighted by atomic mass is 19.1. The average Bonchev–Trinajstić information content (AvgIpc) is 3.53. The van der Waals surface area contributed by atoms with Gasteiger partial charge in [-0.1, -0.05) is 0 Å². The van der Waals surface area contributed by atoms with E-state index in [1.807, 2.05) is 16.5 Å². The molecule has 4 rings (SSSR count). The molecule has 0 bridgehead atoms. The predicted octanol–water partition coefficient (Wildman–Crippen LogP) is 2.64. The molecule has 1 aliphatic carbocycles. The summed E-state index contributed by atoms with van der Waals surface area (Å²) in [6.07, 6.45) is 3.35. The standard InChI is InChI=1S/C22H31FN4O3/c1-15(27(17-6-7-17)22(28)20-14-24-9-12-30-20)21-18-8-5-16(23)13-19(18)26(25-21)10-3-4-11-29-2/h5,8,13,15,17,20,24H,3-4,6-7,9-12,14H2,1-2H3/t15-,20-/m1/s1. The normalized spacial score (nSPS) is 20.4. The molecule has 1 aliphatic heterocycles. The lowest BCUT2D eigenvalue weighted by Crippen LogP contribution is -2.50. The molecule has 2 fully saturated rings. The molecule has 2 aromatic rings. The minimum Gasteiger partial charge on any atom is -0.385 e. The van der Waals surface area contributed by atoms with Crippen LogP contribution in [-0.2, 0) is 20.8 Å². The number of hydrogen-bond donors (Lipinski definition) is 1. The van der Waals surface area contributed by atoms with Gasteiger partial charge in [0.2, 0.25) is 0 Å². The number of nitrogens with one attached hydrogen (secondary N) is 1. The number of morpholine rings is 1. The van der Waals surface area contributed by atoms with Crippen LogP contribution in [0.2, 0.25) is 0 Å². The van der Waals surface area contributed by atoms with Crippen LogP contribution in [0.4, 0.5) is 4.39 Å². The van der Waals surface area contributed by atoms with E-state index in [2.05, 4.69) is 5.32 Å². The predicted molar refractivity (Wildman–Crippen MR) is 112 cm³/mol. The van der Waals surface area contributed by atoms with Gasteiger partial charge >= 0.3 is 0 Å². The molecule has 1 saturated heterocycles. The van der Waals surface area contributed by atoms with E-state index in [9.17, 15) is 9.18 Å². The van der Waals surface area contributed by atoms with Gasteiger partial charge in [0.05, 0.1) is 23.9 Å². The molecule has 1 saturated carbocycles. The molecule has 2 atom stereocenters. The number of ether oxygens (including phenoxy) is 2. The van der Waals surface area contributed by atoms with Crippen LogP contribution in [0.15, 0.2) is 18.2 Å². The number of aromatic nitrogens is 2. The quantitative estimate of drug-likeness (QED) is 0.634. The van der Waals surface area contributed by atoms with Crippen molar-refractivity contribution in [3.63, 3.8) is 0 Å². The van der Waals surface area contributed by atoms with Gasteiger partial charge in [-0.2, -0.15) is 5.10 Å². The maximum absolute atomic E-state index is 14.0. The van der Waals surface area contributed by atoms with Crippen molar-refractivity contribution < 1.29 is 18.7 Å². The van der Waals surface area contributed by atoms with Gasteiger partial charge in [0, 0.05) is 44.8 Å². The fourth-order valence-electron chi connectivity index (χ4n) is 4.22. The smallest absolute Gasteiger partial charge is 0.253 e. The SMILES string of the molecule is COCCCCn1nc([C@@H](C)N(C(=O)[C@H]2CNCCO2)C2CC2)c2ccc(F)cc21. The number of carbonyl (C=O) groups is 1. The minimum atomic E-state index is -0.457. The highest BCUT2D eigenvalue weighted by molar-refractivity contribution is 5.85. The maximum Gasteiger partial charge on any atom is 0.253 e. The first-order chi connectivity index (χ1) is 14.6. The largest absolute Gasteiger partial charge is 0.385 e. The number of benzene rings is 1. The van der Waals surface area contributed by atoms with Crippen molar-refractivity contribution in [1.29, 1.82) is 0 Å². The van der Waals surface area contributed by atoms with Crippen molar-refractivity contribution in [2.75, 3.05) is 33.4 Å². The van der Waals surface area contributed by atoms with Crippen LogP contribution in [0.3, 0.4) is 0 Å². The Hall–Kier alpha value is -2.03. The summed E-state index contributed by atoms with van der Waals surface area (Å²) in [5.74, 6) is -0.265. The highest BCUT2D eigenvalue weighted by Gasteiger charge is 2.41. The van der Waals surface area contributed by atoms with Crippen LogP contribution < -0.4 is 5.32 Å². The molecule has 1 amide bonds. The Balaban J connectivity index is 1.62. The lowest BCUT2D eigenvalue weighted by atomic mass is 10.1. The number of unbranched alkanes of at least 4 members (excludes halogenated alkanes) is 1. The molecule has 0 radical (unpaired) electrons. The number of carbonyl (C=O) groups excluding carboxylic acids is 1. The molecule has 1 N–H and O–H groups in total. The van der Waals surface area contributed by atoms with Gasteiger partial charge in [0.15, 0.2) is 0 Å². The fourth-order valence-corrected chi connectivity index (χ4v) is 4.22. The first-order valence-corrected chi connectivity index (χ1v) is 10.9. The Kier molecular flexibility index (Phi) is 6.65. The van der Waals surface area contributed by atoms with Gasteiger partial charge in [-0.25, -0.2) is 4.39 Å². The van der Waals surface area contributed by atoms with E-state index in [4.69, 9.17) is 14.6 Å². The molecule has 1 aromatic carbocycles. The van der Waals surface area contributed by atoms with E-state index in [1.165, 1.54) is 12.1 Å². The van der Waals surface area contributed by atoms with E-state index < -0.39 is 6.10 Å². The van der Waals surface area contributed by atoms with Gasteiger partial charge in [-0.15, -0.1) is 0 Å². The summed E-state index contributed by atoms with van der Waals surface area (Å²) in [4.78, 5) is 15.2. The topological polar surface area (TPSA) is 68.6 Å². The van der Waals surface area contributed by atoms with E-state index in [-0.39, 0.29) is 23.8 Å². The number of aryl methyl sites for hydroxylation is 1. The van der Waals surface area contributed by atoms with Crippen LogP contribution >= 0.6 is 0 Å². The zero-order chi connectivity index (χ0) is 21.1. The summed E-state index contributed by atoms with van der Waals surface area (Å²) in [5, 5.41) is 8.98. The molecular weight excluding hydrogens is 387 g/mol. The Labute approximate surface area is 176 Å². The second-order valence-corrected chi connectivity index (χ2v) is 8.19. The first-order valence-electron chi connectivity index (χ1n) is 10.9. The molecule has 1 aromatic heterocycles. The molecule has 7 nitrogen and oxygen atoms in total. The monoisotopic (exact) mass is 418 g/mol. The number of rotatable bonds is 9. The zero-order valence-electron chi connectivity index (χ0n) is 17.8. The molecule has 30 heavy (non-hydrogen) atoms. The Morgan fingerprint density at radius 3 is 2.97 bits per heavy atom. The average molecular weight is 419 g/mol. The lowest BCUT2D eigenvalue weighted by Gasteiger charge is -2.33. The van der Waals surface area contributed by atoms with Crippen LogP contribution in [0.1, 0.15) is 44.3 Å². The van der Waals surface area contributed by atoms with Crippen molar-refractivity contribution in [3.8, 4) is 0 Å². The Bertz CT molecular complexity index is 877. The van der Waals surface area contributed by atoms with E-state index in [0.29, 0.717) is 26.3 Å². The molecule has 0 unspecified atom stereocenters. The van der Waals surface area contributed by atoms with Gasteiger partial charge in [0.25, 0.3) is 5.91 Å². The van der Waals surface area contributed by atoms with Crippen LogP contribution in [-0.4, -0.2) is 66.1 Å². The molecule has 8 heteroatoms. The third kappa shape index (κ3) is 4.50. The number of hydrogen-bond acceptors (Lipinski definition) is 5. The second kappa shape index (κ2) is 9.41. The number of methoxy groups -OCH3 is 1. The van der Waals surface area contributed by atoms with Crippen molar-refractivity contribution in [3.05, 3.63) is 29.7 Å². The summed E-state index contributed by atoms with van der Waals surface area (Å²) in [7, 11) is 1.69. The van der Waals surface area contributed by atoms with E-state index >= 15 is 0 Å². The van der Waals surface area contributed by atoms with Crippen molar-refractivity contribution >= 4 is 16.8 Å². The van der Waals surface area contributed by atoms with Gasteiger partial charge in [-0.05, 0) is 50.8 Å². The third-order valence-electron chi connectivity index (χ3n) is 5.92. The van der Waals surface area contributed by atoms with E-state index in [1.54, 1.807) is 13.2 Å². The molecule has 0 spiro atoms. The maximum atomic E-state index is 14.0. The lowest BCUT2D eigenvalue weighted by molar-refractivity contribution is -0.148. The minimum absolute atomic E-state index is 0.0158. The molecular formula is C22H31FN4O3. The van der Waals surface area contributed by atoms with Gasteiger partial charge < -0.3 is 19.7 Å². The molecule has 2 heterocycles. The van der Waals surface area contributed by atoms with Crippen molar-refractivity contribution in [2.45, 2.75) is 57.3 Å². The van der Waals surface area contributed by atoms with Crippen LogP contribution in [0.5, 0.6) is 0 Å². The summed E-state index contributed by atoms with van der Waals surface area (Å²) in [6, 6.07) is 4.80. The van der Waals surface area contributed by atoms with Crippen molar-refractivity contribution in [1.82, 2.24) is 20.0 Å². The molecule has 164 valence electrons. The number of nitrogens with zero attached hydrogens (tertiary/aromatic N) is 3. The van der Waals surface area contributed by atoms with Crippen molar-refractivity contribution in [2.24, 2.45) is 0 Å². The van der Waals surface area contributed by atoms with Gasteiger partial charge in [0.1, 0.15) is 11.9 Å². The third-order valence-corrected chi connectivity index (χ3v) is 5.92. The summed E-state index contributed by atoms with van der Waals surface area (Å²) >= 11 is 0. The number of halogens is 1. The highest BCUT2D eigenvalue weighted by Crippen LogP contribution is 2.37. The van der Waals surface area contributed by atoms with E-state index in [0.717, 1.165) is 48.8 Å². The first kappa shape index (κ1) is 21.2. The molecule has 2 aliphatic rings. The summed E-state index contributed by atoms with van der Waals surface area (Å²) in [5.41, 5.74) is 1.59. The number of fused-ring (bicyclic) bond motifs is 1. The van der Waals surface area contributed by atoms with Crippen LogP contribution in [0, 0.1) is 5.82 Å². The second-order valence-electron chi connectivity index (χ2n) is 8.19. The van der Waals surface area contributed by atoms with Gasteiger partial charge in [-0.3, -0.25) is 9.48 Å². The fraction of sp³-hybridized carbons (Fsp3) is 0.636. The number of amides is 1. The Morgan fingerprint density at radius 1 is 1.43 bits per heavy atom. The zero-order valence-corrected chi connectivity index (χ0v) is 17.8. The van der Waals surface area contributed by atoms with Crippen LogP contribution in [0.25, 0.3) is 10.9 Å². The Morgan fingerprint density at radius 2 is 2.27 bits per heavy atom. The summed E-state index contributed by atoms with van der Waals surface area (Å²) < 4.78 is 26.7. The summed E-state index contributed by atoms with van der Waals surface area (Å²) in [6.45, 7) is 5.24.